The highest BCUT2D eigenvalue weighted by Crippen LogP contribution is 2.17. The van der Waals surface area contributed by atoms with Gasteiger partial charge in [-0.1, -0.05) is 35.5 Å². The Morgan fingerprint density at radius 1 is 1.16 bits per heavy atom. The Kier molecular flexibility index (Phi) is 4.76. The van der Waals surface area contributed by atoms with E-state index in [1.54, 1.807) is 0 Å². The van der Waals surface area contributed by atoms with Crippen LogP contribution >= 0.6 is 12.4 Å². The van der Waals surface area contributed by atoms with E-state index in [4.69, 9.17) is 4.52 Å². The van der Waals surface area contributed by atoms with Crippen LogP contribution in [0.3, 0.4) is 0 Å². The maximum atomic E-state index is 5.18. The predicted molar refractivity (Wildman–Crippen MR) is 76.3 cm³/mol. The molecule has 0 amide bonds. The van der Waals surface area contributed by atoms with Crippen molar-refractivity contribution < 1.29 is 4.52 Å². The molecule has 1 aliphatic heterocycles. The van der Waals surface area contributed by atoms with E-state index >= 15 is 0 Å². The molecule has 0 unspecified atom stereocenters. The first-order chi connectivity index (χ1) is 8.92. The lowest BCUT2D eigenvalue weighted by Gasteiger charge is -2.13. The van der Waals surface area contributed by atoms with Gasteiger partial charge in [0.1, 0.15) is 0 Å². The smallest absolute Gasteiger partial charge is 0.322 e. The lowest BCUT2D eigenvalue weighted by molar-refractivity contribution is 0.352. The number of benzene rings is 1. The van der Waals surface area contributed by atoms with Crippen LogP contribution in [0.4, 0.5) is 6.01 Å². The summed E-state index contributed by atoms with van der Waals surface area (Å²) >= 11 is 0. The number of anilines is 1. The molecular formula is C13H17ClN4O. The van der Waals surface area contributed by atoms with E-state index in [1.807, 2.05) is 30.3 Å². The zero-order valence-electron chi connectivity index (χ0n) is 10.6. The zero-order chi connectivity index (χ0) is 12.2. The fraction of sp³-hybridized carbons (Fsp3) is 0.385. The summed E-state index contributed by atoms with van der Waals surface area (Å²) in [5.41, 5.74) is 0.968. The minimum Gasteiger partial charge on any atom is -0.325 e. The van der Waals surface area contributed by atoms with Gasteiger partial charge in [-0.2, -0.15) is 4.98 Å². The average Bonchev–Trinajstić information content (AvgIpc) is 3.09. The Morgan fingerprint density at radius 3 is 2.63 bits per heavy atom. The van der Waals surface area contributed by atoms with E-state index < -0.39 is 0 Å². The van der Waals surface area contributed by atoms with Crippen molar-refractivity contribution in [2.24, 2.45) is 0 Å². The van der Waals surface area contributed by atoms with Crippen LogP contribution in [0, 0.1) is 0 Å². The molecule has 5 nitrogen and oxygen atoms in total. The van der Waals surface area contributed by atoms with Crippen LogP contribution in [0.1, 0.15) is 12.8 Å². The fourth-order valence-electron chi connectivity index (χ4n) is 2.12. The number of nitrogens with zero attached hydrogens (tertiary/aromatic N) is 3. The molecule has 0 aliphatic carbocycles. The largest absolute Gasteiger partial charge is 0.325 e. The first-order valence-corrected chi connectivity index (χ1v) is 6.27. The van der Waals surface area contributed by atoms with Crippen molar-refractivity contribution in [3.05, 3.63) is 30.3 Å². The number of rotatable bonds is 4. The van der Waals surface area contributed by atoms with Gasteiger partial charge in [0, 0.05) is 5.56 Å². The second-order valence-electron chi connectivity index (χ2n) is 4.45. The van der Waals surface area contributed by atoms with Crippen molar-refractivity contribution in [2.75, 3.05) is 25.1 Å². The molecule has 1 aromatic heterocycles. The maximum Gasteiger partial charge on any atom is 0.322 e. The Hall–Kier alpha value is -1.59. The third kappa shape index (κ3) is 3.45. The predicted octanol–water partition coefficient (Wildman–Crippen LogP) is 2.62. The molecule has 102 valence electrons. The van der Waals surface area contributed by atoms with Gasteiger partial charge in [0.2, 0.25) is 5.82 Å². The minimum absolute atomic E-state index is 0. The quantitative estimate of drug-likeness (QED) is 0.933. The highest BCUT2D eigenvalue weighted by atomic mass is 35.5. The van der Waals surface area contributed by atoms with Gasteiger partial charge < -0.3 is 9.84 Å². The van der Waals surface area contributed by atoms with Gasteiger partial charge in [0.15, 0.2) is 0 Å². The van der Waals surface area contributed by atoms with Crippen molar-refractivity contribution in [1.82, 2.24) is 15.0 Å². The molecule has 1 aliphatic rings. The van der Waals surface area contributed by atoms with Crippen LogP contribution in [0.5, 0.6) is 0 Å². The van der Waals surface area contributed by atoms with Gasteiger partial charge in [-0.3, -0.25) is 4.90 Å². The third-order valence-corrected chi connectivity index (χ3v) is 3.11. The molecular weight excluding hydrogens is 264 g/mol. The number of hydrogen-bond acceptors (Lipinski definition) is 5. The van der Waals surface area contributed by atoms with Gasteiger partial charge in [-0.15, -0.1) is 12.4 Å². The Bertz CT molecular complexity index is 496. The van der Waals surface area contributed by atoms with Crippen molar-refractivity contribution in [3.63, 3.8) is 0 Å². The lowest BCUT2D eigenvalue weighted by Crippen LogP contribution is -2.26. The van der Waals surface area contributed by atoms with E-state index in [0.717, 1.165) is 25.3 Å². The number of aromatic nitrogens is 2. The first-order valence-electron chi connectivity index (χ1n) is 6.27. The summed E-state index contributed by atoms with van der Waals surface area (Å²) in [6, 6.07) is 10.3. The molecule has 0 radical (unpaired) electrons. The molecule has 1 fully saturated rings. The first kappa shape index (κ1) is 13.8. The molecule has 1 saturated heterocycles. The fourth-order valence-corrected chi connectivity index (χ4v) is 2.12. The van der Waals surface area contributed by atoms with Gasteiger partial charge in [0.25, 0.3) is 0 Å². The van der Waals surface area contributed by atoms with E-state index in [1.165, 1.54) is 12.8 Å². The molecule has 6 heteroatoms. The normalized spacial score (nSPS) is 15.2. The van der Waals surface area contributed by atoms with Crippen molar-refractivity contribution in [2.45, 2.75) is 12.8 Å². The lowest BCUT2D eigenvalue weighted by atomic mass is 10.2. The van der Waals surface area contributed by atoms with Crippen LogP contribution in [0.15, 0.2) is 34.9 Å². The van der Waals surface area contributed by atoms with Crippen LogP contribution in [-0.4, -0.2) is 34.8 Å². The number of nitrogens with one attached hydrogen (secondary N) is 1. The summed E-state index contributed by atoms with van der Waals surface area (Å²) in [6.07, 6.45) is 2.56. The highest BCUT2D eigenvalue weighted by Gasteiger charge is 2.12. The molecule has 1 N–H and O–H groups in total. The maximum absolute atomic E-state index is 5.18. The molecule has 19 heavy (non-hydrogen) atoms. The average molecular weight is 281 g/mol. The van der Waals surface area contributed by atoms with Crippen molar-refractivity contribution in [3.8, 4) is 11.4 Å². The SMILES string of the molecule is Cl.c1ccc(-c2noc(NCN3CCCC3)n2)cc1. The van der Waals surface area contributed by atoms with Crippen LogP contribution in [0.2, 0.25) is 0 Å². The summed E-state index contributed by atoms with van der Waals surface area (Å²) < 4.78 is 5.18. The topological polar surface area (TPSA) is 54.2 Å². The van der Waals surface area contributed by atoms with Gasteiger partial charge in [0.05, 0.1) is 6.67 Å². The number of likely N-dealkylation sites (tertiary alicyclic amines) is 1. The Morgan fingerprint density at radius 2 is 1.89 bits per heavy atom. The molecule has 0 spiro atoms. The minimum atomic E-state index is 0. The second-order valence-corrected chi connectivity index (χ2v) is 4.45. The molecule has 0 bridgehead atoms. The van der Waals surface area contributed by atoms with E-state index in [-0.39, 0.29) is 12.4 Å². The molecule has 3 rings (SSSR count). The summed E-state index contributed by atoms with van der Waals surface area (Å²) in [4.78, 5) is 6.67. The summed E-state index contributed by atoms with van der Waals surface area (Å²) in [5.74, 6) is 0.625. The monoisotopic (exact) mass is 280 g/mol. The summed E-state index contributed by atoms with van der Waals surface area (Å²) in [6.45, 7) is 3.07. The second kappa shape index (κ2) is 6.54. The molecule has 1 aromatic carbocycles. The molecule has 0 atom stereocenters. The zero-order valence-corrected chi connectivity index (χ0v) is 11.4. The van der Waals surface area contributed by atoms with E-state index in [0.29, 0.717) is 11.8 Å². The van der Waals surface area contributed by atoms with Crippen LogP contribution in [0.25, 0.3) is 11.4 Å². The summed E-state index contributed by atoms with van der Waals surface area (Å²) in [5, 5.41) is 7.13. The van der Waals surface area contributed by atoms with Gasteiger partial charge in [-0.05, 0) is 25.9 Å². The van der Waals surface area contributed by atoms with Crippen molar-refractivity contribution >= 4 is 18.4 Å². The Balaban J connectivity index is 0.00000133. The van der Waals surface area contributed by atoms with Crippen LogP contribution in [-0.2, 0) is 0 Å². The van der Waals surface area contributed by atoms with E-state index in [9.17, 15) is 0 Å². The van der Waals surface area contributed by atoms with Gasteiger partial charge in [-0.25, -0.2) is 0 Å². The molecule has 2 aromatic rings. The van der Waals surface area contributed by atoms with Gasteiger partial charge >= 0.3 is 6.01 Å². The van der Waals surface area contributed by atoms with E-state index in [2.05, 4.69) is 20.4 Å². The molecule has 2 heterocycles. The third-order valence-electron chi connectivity index (χ3n) is 3.11. The summed E-state index contributed by atoms with van der Waals surface area (Å²) in [7, 11) is 0. The number of halogens is 1. The van der Waals surface area contributed by atoms with Crippen molar-refractivity contribution in [1.29, 1.82) is 0 Å². The Labute approximate surface area is 118 Å². The standard InChI is InChI=1S/C13H16N4O.ClH/c1-2-6-11(7-3-1)12-15-13(18-16-12)14-10-17-8-4-5-9-17;/h1-3,6-7H,4-5,8-10H2,(H,14,15,16);1H. The van der Waals surface area contributed by atoms with Crippen LogP contribution < -0.4 is 5.32 Å². The molecule has 0 saturated carbocycles. The number of hydrogen-bond donors (Lipinski definition) is 1. The highest BCUT2D eigenvalue weighted by molar-refractivity contribution is 5.85.